The third kappa shape index (κ3) is 4.26. The number of amides is 1. The van der Waals surface area contributed by atoms with Gasteiger partial charge in [0.25, 0.3) is 11.5 Å². The Bertz CT molecular complexity index is 1040. The van der Waals surface area contributed by atoms with Crippen molar-refractivity contribution in [2.45, 2.75) is 25.8 Å². The van der Waals surface area contributed by atoms with Crippen LogP contribution >= 0.6 is 12.4 Å². The number of aromatic nitrogens is 3. The van der Waals surface area contributed by atoms with Crippen molar-refractivity contribution in [1.29, 1.82) is 0 Å². The number of nitrogens with one attached hydrogen (secondary N) is 2. The quantitative estimate of drug-likeness (QED) is 0.689. The largest absolute Gasteiger partial charge is 0.320 e. The van der Waals surface area contributed by atoms with Gasteiger partial charge in [-0.1, -0.05) is 12.1 Å². The Balaban J connectivity index is 0.00000240. The van der Waals surface area contributed by atoms with Crippen molar-refractivity contribution >= 4 is 24.0 Å². The second-order valence-electron chi connectivity index (χ2n) is 6.99. The summed E-state index contributed by atoms with van der Waals surface area (Å²) in [5.74, 6) is -0.398. The van der Waals surface area contributed by atoms with E-state index in [2.05, 4.69) is 15.7 Å². The molecule has 8 heteroatoms. The monoisotopic (exact) mass is 413 g/mol. The SMILES string of the molecule is Cc1ccn(C2CCNCC2)c(=O)c1C(=O)Nc1ccccc1-n1cccn1.Cl. The molecule has 0 spiro atoms. The summed E-state index contributed by atoms with van der Waals surface area (Å²) in [6.07, 6.45) is 7.06. The Morgan fingerprint density at radius 3 is 2.62 bits per heavy atom. The number of halogens is 1. The number of carbonyl (C=O) groups is 1. The lowest BCUT2D eigenvalue weighted by atomic mass is 10.0. The fourth-order valence-electron chi connectivity index (χ4n) is 3.66. The molecule has 0 atom stereocenters. The topological polar surface area (TPSA) is 81.0 Å². The van der Waals surface area contributed by atoms with Gasteiger partial charge in [0.1, 0.15) is 5.56 Å². The maximum absolute atomic E-state index is 13.1. The minimum absolute atomic E-state index is 0. The van der Waals surface area contributed by atoms with E-state index in [-0.39, 0.29) is 29.6 Å². The predicted octanol–water partition coefficient (Wildman–Crippen LogP) is 2.94. The molecule has 1 aromatic carbocycles. The molecule has 29 heavy (non-hydrogen) atoms. The molecule has 1 aliphatic heterocycles. The molecule has 1 saturated heterocycles. The molecule has 3 aromatic rings. The van der Waals surface area contributed by atoms with Crippen molar-refractivity contribution in [2.24, 2.45) is 0 Å². The highest BCUT2D eigenvalue weighted by Gasteiger charge is 2.22. The number of anilines is 1. The normalized spacial score (nSPS) is 14.2. The van der Waals surface area contributed by atoms with Crippen LogP contribution in [0.1, 0.15) is 34.8 Å². The number of para-hydroxylation sites is 2. The van der Waals surface area contributed by atoms with E-state index in [0.29, 0.717) is 11.3 Å². The number of benzene rings is 1. The van der Waals surface area contributed by atoms with Crippen molar-refractivity contribution < 1.29 is 4.79 Å². The van der Waals surface area contributed by atoms with Crippen LogP contribution in [0.5, 0.6) is 0 Å². The molecule has 1 fully saturated rings. The van der Waals surface area contributed by atoms with E-state index < -0.39 is 5.91 Å². The molecule has 7 nitrogen and oxygen atoms in total. The first-order chi connectivity index (χ1) is 13.6. The van der Waals surface area contributed by atoms with E-state index >= 15 is 0 Å². The molecule has 2 N–H and O–H groups in total. The molecule has 0 bridgehead atoms. The fraction of sp³-hybridized carbons (Fsp3) is 0.286. The number of hydrogen-bond donors (Lipinski definition) is 2. The number of piperidine rings is 1. The molecule has 0 radical (unpaired) electrons. The summed E-state index contributed by atoms with van der Waals surface area (Å²) in [4.78, 5) is 26.1. The zero-order chi connectivity index (χ0) is 19.5. The summed E-state index contributed by atoms with van der Waals surface area (Å²) in [5, 5.41) is 10.4. The summed E-state index contributed by atoms with van der Waals surface area (Å²) >= 11 is 0. The van der Waals surface area contributed by atoms with Crippen molar-refractivity contribution in [3.63, 3.8) is 0 Å². The Labute approximate surface area is 175 Å². The Morgan fingerprint density at radius 1 is 1.14 bits per heavy atom. The third-order valence-corrected chi connectivity index (χ3v) is 5.16. The van der Waals surface area contributed by atoms with Gasteiger partial charge in [-0.2, -0.15) is 5.10 Å². The molecule has 0 saturated carbocycles. The average Bonchev–Trinajstić information content (AvgIpc) is 3.24. The fourth-order valence-corrected chi connectivity index (χ4v) is 3.66. The molecule has 1 aliphatic rings. The Morgan fingerprint density at radius 2 is 1.90 bits per heavy atom. The zero-order valence-electron chi connectivity index (χ0n) is 16.2. The van der Waals surface area contributed by atoms with Gasteiger partial charge in [-0.3, -0.25) is 9.59 Å². The second-order valence-corrected chi connectivity index (χ2v) is 6.99. The lowest BCUT2D eigenvalue weighted by Gasteiger charge is -2.25. The summed E-state index contributed by atoms with van der Waals surface area (Å²) in [6.45, 7) is 3.55. The third-order valence-electron chi connectivity index (χ3n) is 5.16. The van der Waals surface area contributed by atoms with Crippen molar-refractivity contribution in [3.05, 3.63) is 76.5 Å². The van der Waals surface area contributed by atoms with Crippen LogP contribution in [0.2, 0.25) is 0 Å². The van der Waals surface area contributed by atoms with Crippen molar-refractivity contribution in [3.8, 4) is 5.69 Å². The molecule has 1 amide bonds. The number of aryl methyl sites for hydroxylation is 1. The molecule has 4 rings (SSSR count). The van der Waals surface area contributed by atoms with Gasteiger partial charge in [-0.05, 0) is 62.7 Å². The molecular weight excluding hydrogens is 390 g/mol. The lowest BCUT2D eigenvalue weighted by Crippen LogP contribution is -2.37. The van der Waals surface area contributed by atoms with E-state index in [1.165, 1.54) is 0 Å². The van der Waals surface area contributed by atoms with Crippen LogP contribution in [-0.4, -0.2) is 33.3 Å². The molecule has 0 aliphatic carbocycles. The molecule has 152 valence electrons. The smallest absolute Gasteiger partial charge is 0.263 e. The Hall–Kier alpha value is -2.90. The van der Waals surface area contributed by atoms with Crippen LogP contribution in [-0.2, 0) is 0 Å². The van der Waals surface area contributed by atoms with Crippen LogP contribution < -0.4 is 16.2 Å². The van der Waals surface area contributed by atoms with Crippen molar-refractivity contribution in [1.82, 2.24) is 19.7 Å². The van der Waals surface area contributed by atoms with Crippen LogP contribution in [0.25, 0.3) is 5.69 Å². The van der Waals surface area contributed by atoms with E-state index in [0.717, 1.165) is 31.6 Å². The summed E-state index contributed by atoms with van der Waals surface area (Å²) in [7, 11) is 0. The van der Waals surface area contributed by atoms with Crippen molar-refractivity contribution in [2.75, 3.05) is 18.4 Å². The van der Waals surface area contributed by atoms with E-state index in [4.69, 9.17) is 0 Å². The minimum Gasteiger partial charge on any atom is -0.320 e. The van der Waals surface area contributed by atoms with Gasteiger partial charge in [0, 0.05) is 24.6 Å². The summed E-state index contributed by atoms with van der Waals surface area (Å²) in [5.41, 5.74) is 1.97. The molecule has 3 heterocycles. The number of hydrogen-bond acceptors (Lipinski definition) is 4. The minimum atomic E-state index is -0.398. The molecule has 2 aromatic heterocycles. The number of nitrogens with zero attached hydrogens (tertiary/aromatic N) is 3. The van der Waals surface area contributed by atoms with Crippen LogP contribution in [0, 0.1) is 6.92 Å². The van der Waals surface area contributed by atoms with Crippen LogP contribution in [0.3, 0.4) is 0 Å². The average molecular weight is 414 g/mol. The zero-order valence-corrected chi connectivity index (χ0v) is 17.0. The Kier molecular flexibility index (Phi) is 6.51. The highest BCUT2D eigenvalue weighted by molar-refractivity contribution is 6.06. The van der Waals surface area contributed by atoms with Gasteiger partial charge in [-0.25, -0.2) is 4.68 Å². The highest BCUT2D eigenvalue weighted by atomic mass is 35.5. The number of rotatable bonds is 4. The maximum Gasteiger partial charge on any atom is 0.263 e. The molecule has 0 unspecified atom stereocenters. The number of pyridine rings is 1. The highest BCUT2D eigenvalue weighted by Crippen LogP contribution is 2.21. The maximum atomic E-state index is 13.1. The first-order valence-electron chi connectivity index (χ1n) is 9.48. The van der Waals surface area contributed by atoms with E-state index in [1.54, 1.807) is 28.4 Å². The predicted molar refractivity (Wildman–Crippen MR) is 115 cm³/mol. The van der Waals surface area contributed by atoms with Gasteiger partial charge in [-0.15, -0.1) is 12.4 Å². The van der Waals surface area contributed by atoms with Crippen LogP contribution in [0.4, 0.5) is 5.69 Å². The van der Waals surface area contributed by atoms with Gasteiger partial charge in [0.2, 0.25) is 0 Å². The first kappa shape index (κ1) is 20.8. The number of carbonyl (C=O) groups excluding carboxylic acids is 1. The standard InChI is InChI=1S/C21H23N5O2.ClH/c1-15-9-14-25(16-7-11-22-12-8-16)21(28)19(15)20(27)24-17-5-2-3-6-18(17)26-13-4-10-23-26;/h2-6,9-10,13-14,16,22H,7-8,11-12H2,1H3,(H,24,27);1H. The van der Waals surface area contributed by atoms with Gasteiger partial charge in [0.05, 0.1) is 11.4 Å². The second kappa shape index (κ2) is 9.07. The van der Waals surface area contributed by atoms with Crippen LogP contribution in [0.15, 0.2) is 59.8 Å². The lowest BCUT2D eigenvalue weighted by molar-refractivity contribution is 0.102. The molecular formula is C21H24ClN5O2. The van der Waals surface area contributed by atoms with E-state index in [9.17, 15) is 9.59 Å². The van der Waals surface area contributed by atoms with Gasteiger partial charge < -0.3 is 15.2 Å². The van der Waals surface area contributed by atoms with E-state index in [1.807, 2.05) is 42.7 Å². The summed E-state index contributed by atoms with van der Waals surface area (Å²) in [6, 6.07) is 11.2. The first-order valence-corrected chi connectivity index (χ1v) is 9.48. The van der Waals surface area contributed by atoms with Gasteiger partial charge in [0.15, 0.2) is 0 Å². The van der Waals surface area contributed by atoms with Gasteiger partial charge >= 0.3 is 0 Å². The summed E-state index contributed by atoms with van der Waals surface area (Å²) < 4.78 is 3.39.